The predicted molar refractivity (Wildman–Crippen MR) is 85.1 cm³/mol. The Morgan fingerprint density at radius 1 is 1.57 bits per heavy atom. The average molecular weight is 324 g/mol. The van der Waals surface area contributed by atoms with Crippen molar-refractivity contribution in [2.75, 3.05) is 6.61 Å². The van der Waals surface area contributed by atoms with Crippen LogP contribution in [0, 0.1) is 0 Å². The SMILES string of the molecule is CC[C@@H](CO)n1c(=O)[nH]c2ncc(Cl)c(-c3ccsc3)c21. The number of imidazole rings is 1. The summed E-state index contributed by atoms with van der Waals surface area (Å²) >= 11 is 7.88. The normalized spacial score (nSPS) is 12.9. The van der Waals surface area contributed by atoms with Crippen molar-refractivity contribution >= 4 is 34.1 Å². The first-order valence-electron chi connectivity index (χ1n) is 6.59. The third-order valence-corrected chi connectivity index (χ3v) is 4.52. The quantitative estimate of drug-likeness (QED) is 0.775. The molecule has 3 heterocycles. The molecule has 0 unspecified atom stereocenters. The van der Waals surface area contributed by atoms with E-state index < -0.39 is 0 Å². The number of nitrogens with zero attached hydrogens (tertiary/aromatic N) is 2. The number of aromatic amines is 1. The van der Waals surface area contributed by atoms with E-state index in [2.05, 4.69) is 9.97 Å². The lowest BCUT2D eigenvalue weighted by Crippen LogP contribution is -2.24. The molecule has 0 aliphatic rings. The molecule has 2 N–H and O–H groups in total. The zero-order valence-electron chi connectivity index (χ0n) is 11.3. The molecule has 0 radical (unpaired) electrons. The maximum atomic E-state index is 12.2. The van der Waals surface area contributed by atoms with Crippen LogP contribution in [-0.2, 0) is 0 Å². The molecule has 21 heavy (non-hydrogen) atoms. The Labute approximate surface area is 129 Å². The number of nitrogens with one attached hydrogen (secondary N) is 1. The maximum absolute atomic E-state index is 12.2. The van der Waals surface area contributed by atoms with Gasteiger partial charge < -0.3 is 5.11 Å². The summed E-state index contributed by atoms with van der Waals surface area (Å²) in [5, 5.41) is 14.0. The van der Waals surface area contributed by atoms with Crippen molar-refractivity contribution in [1.29, 1.82) is 0 Å². The molecule has 0 saturated heterocycles. The summed E-state index contributed by atoms with van der Waals surface area (Å²) in [5.74, 6) is 0. The topological polar surface area (TPSA) is 70.9 Å². The van der Waals surface area contributed by atoms with Gasteiger partial charge in [-0.05, 0) is 28.8 Å². The van der Waals surface area contributed by atoms with Crippen LogP contribution >= 0.6 is 22.9 Å². The molecule has 3 aromatic rings. The highest BCUT2D eigenvalue weighted by Crippen LogP contribution is 2.35. The number of hydrogen-bond acceptors (Lipinski definition) is 4. The van der Waals surface area contributed by atoms with Crippen LogP contribution in [0.2, 0.25) is 5.02 Å². The first kappa shape index (κ1) is 14.3. The Balaban J connectivity index is 2.41. The fourth-order valence-electron chi connectivity index (χ4n) is 2.49. The van der Waals surface area contributed by atoms with Gasteiger partial charge in [0.2, 0.25) is 0 Å². The van der Waals surface area contributed by atoms with E-state index in [1.165, 1.54) is 6.20 Å². The molecule has 0 bridgehead atoms. The van der Waals surface area contributed by atoms with E-state index in [0.29, 0.717) is 22.6 Å². The summed E-state index contributed by atoms with van der Waals surface area (Å²) in [4.78, 5) is 19.2. The molecular formula is C14H14ClN3O2S. The number of H-pyrrole nitrogens is 1. The number of halogens is 1. The van der Waals surface area contributed by atoms with Crippen molar-refractivity contribution in [2.24, 2.45) is 0 Å². The molecule has 3 rings (SSSR count). The second-order valence-electron chi connectivity index (χ2n) is 4.74. The number of hydrogen-bond donors (Lipinski definition) is 2. The molecule has 0 aliphatic heterocycles. The predicted octanol–water partition coefficient (Wildman–Crippen LogP) is 3.05. The van der Waals surface area contributed by atoms with E-state index in [1.807, 2.05) is 23.8 Å². The minimum atomic E-state index is -0.302. The molecule has 0 fully saturated rings. The summed E-state index contributed by atoms with van der Waals surface area (Å²) in [6.07, 6.45) is 2.18. The van der Waals surface area contributed by atoms with E-state index in [4.69, 9.17) is 11.6 Å². The van der Waals surface area contributed by atoms with Crippen LogP contribution in [0.15, 0.2) is 27.8 Å². The number of aromatic nitrogens is 3. The molecule has 0 aromatic carbocycles. The van der Waals surface area contributed by atoms with Gasteiger partial charge >= 0.3 is 5.69 Å². The molecule has 3 aromatic heterocycles. The van der Waals surface area contributed by atoms with Crippen LogP contribution in [0.4, 0.5) is 0 Å². The van der Waals surface area contributed by atoms with Gasteiger partial charge in [-0.15, -0.1) is 0 Å². The summed E-state index contributed by atoms with van der Waals surface area (Å²) in [7, 11) is 0. The fraction of sp³-hybridized carbons (Fsp3) is 0.286. The smallest absolute Gasteiger partial charge is 0.328 e. The van der Waals surface area contributed by atoms with E-state index in [9.17, 15) is 9.90 Å². The zero-order chi connectivity index (χ0) is 15.0. The number of pyridine rings is 1. The molecule has 7 heteroatoms. The molecule has 110 valence electrons. The number of aliphatic hydroxyl groups excluding tert-OH is 1. The second kappa shape index (κ2) is 5.63. The van der Waals surface area contributed by atoms with E-state index in [1.54, 1.807) is 15.9 Å². The molecule has 0 amide bonds. The molecule has 5 nitrogen and oxygen atoms in total. The molecule has 0 saturated carbocycles. The van der Waals surface area contributed by atoms with Crippen LogP contribution in [0.25, 0.3) is 22.3 Å². The standard InChI is InChI=1S/C14H14ClN3O2S/c1-2-9(6-19)18-12-11(8-3-4-21-7-8)10(15)5-16-13(12)17-14(18)20/h3-5,7,9,19H,2,6H2,1H3,(H,16,17,20)/t9-/m0/s1. The fourth-order valence-corrected chi connectivity index (χ4v) is 3.38. The van der Waals surface area contributed by atoms with Crippen LogP contribution in [0.1, 0.15) is 19.4 Å². The third kappa shape index (κ3) is 2.29. The zero-order valence-corrected chi connectivity index (χ0v) is 12.9. The lowest BCUT2D eigenvalue weighted by atomic mass is 10.1. The van der Waals surface area contributed by atoms with Gasteiger partial charge in [0.05, 0.1) is 23.2 Å². The Morgan fingerprint density at radius 3 is 3.00 bits per heavy atom. The highest BCUT2D eigenvalue weighted by Gasteiger charge is 2.21. The third-order valence-electron chi connectivity index (χ3n) is 3.55. The van der Waals surface area contributed by atoms with Crippen molar-refractivity contribution in [3.05, 3.63) is 38.5 Å². The Bertz CT molecular complexity index is 819. The van der Waals surface area contributed by atoms with Gasteiger partial charge in [-0.25, -0.2) is 9.78 Å². The molecular weight excluding hydrogens is 310 g/mol. The van der Waals surface area contributed by atoms with Gasteiger partial charge in [0.1, 0.15) is 0 Å². The number of fused-ring (bicyclic) bond motifs is 1. The van der Waals surface area contributed by atoms with Gasteiger partial charge in [-0.2, -0.15) is 11.3 Å². The van der Waals surface area contributed by atoms with Crippen LogP contribution in [0.3, 0.4) is 0 Å². The van der Waals surface area contributed by atoms with E-state index >= 15 is 0 Å². The Morgan fingerprint density at radius 2 is 2.38 bits per heavy atom. The van der Waals surface area contributed by atoms with E-state index in [0.717, 1.165) is 11.1 Å². The summed E-state index contributed by atoms with van der Waals surface area (Å²) in [6.45, 7) is 1.81. The monoisotopic (exact) mass is 323 g/mol. The first-order valence-corrected chi connectivity index (χ1v) is 7.91. The second-order valence-corrected chi connectivity index (χ2v) is 5.92. The average Bonchev–Trinajstić information content (AvgIpc) is 3.09. The molecule has 1 atom stereocenters. The Kier molecular flexibility index (Phi) is 3.84. The summed E-state index contributed by atoms with van der Waals surface area (Å²) in [6, 6.07) is 1.65. The van der Waals surface area contributed by atoms with Gasteiger partial charge in [0.15, 0.2) is 5.65 Å². The highest BCUT2D eigenvalue weighted by atomic mass is 35.5. The first-order chi connectivity index (χ1) is 10.2. The van der Waals surface area contributed by atoms with Crippen molar-refractivity contribution in [2.45, 2.75) is 19.4 Å². The van der Waals surface area contributed by atoms with Gasteiger partial charge in [0, 0.05) is 11.8 Å². The highest BCUT2D eigenvalue weighted by molar-refractivity contribution is 7.08. The van der Waals surface area contributed by atoms with Crippen molar-refractivity contribution in [3.63, 3.8) is 0 Å². The maximum Gasteiger partial charge on any atom is 0.328 e. The number of thiophene rings is 1. The van der Waals surface area contributed by atoms with Crippen molar-refractivity contribution < 1.29 is 5.11 Å². The lowest BCUT2D eigenvalue weighted by molar-refractivity contribution is 0.225. The van der Waals surface area contributed by atoms with Crippen LogP contribution in [0.5, 0.6) is 0 Å². The number of aliphatic hydroxyl groups is 1. The van der Waals surface area contributed by atoms with Gasteiger partial charge in [-0.1, -0.05) is 18.5 Å². The Hall–Kier alpha value is -1.63. The van der Waals surface area contributed by atoms with Crippen molar-refractivity contribution in [1.82, 2.24) is 14.5 Å². The lowest BCUT2D eigenvalue weighted by Gasteiger charge is -2.15. The largest absolute Gasteiger partial charge is 0.394 e. The minimum Gasteiger partial charge on any atom is -0.394 e. The minimum absolute atomic E-state index is 0.112. The van der Waals surface area contributed by atoms with E-state index in [-0.39, 0.29) is 18.3 Å². The summed E-state index contributed by atoms with van der Waals surface area (Å²) < 4.78 is 1.56. The van der Waals surface area contributed by atoms with Crippen LogP contribution in [-0.4, -0.2) is 26.2 Å². The molecule has 0 spiro atoms. The number of rotatable bonds is 4. The van der Waals surface area contributed by atoms with Gasteiger partial charge in [0.25, 0.3) is 0 Å². The molecule has 0 aliphatic carbocycles. The summed E-state index contributed by atoms with van der Waals surface area (Å²) in [5.41, 5.74) is 2.56. The van der Waals surface area contributed by atoms with Gasteiger partial charge in [-0.3, -0.25) is 9.55 Å². The van der Waals surface area contributed by atoms with Crippen LogP contribution < -0.4 is 5.69 Å². The van der Waals surface area contributed by atoms with Crippen molar-refractivity contribution in [3.8, 4) is 11.1 Å².